The fourth-order valence-electron chi connectivity index (χ4n) is 3.90. The Bertz CT molecular complexity index is 734. The monoisotopic (exact) mass is 309 g/mol. The molecule has 22 heavy (non-hydrogen) atoms. The lowest BCUT2D eigenvalue weighted by molar-refractivity contribution is 0.425. The smallest absolute Gasteiger partial charge is 0.0568 e. The van der Waals surface area contributed by atoms with Crippen molar-refractivity contribution in [1.29, 1.82) is 0 Å². The topological polar surface area (TPSA) is 12.0 Å². The first-order chi connectivity index (χ1) is 10.8. The third-order valence-electron chi connectivity index (χ3n) is 5.08. The van der Waals surface area contributed by atoms with Gasteiger partial charge >= 0.3 is 0 Å². The number of allylic oxidation sites excluding steroid dienone is 2. The van der Waals surface area contributed by atoms with Crippen LogP contribution in [0.15, 0.2) is 54.6 Å². The molecule has 0 spiro atoms. The third-order valence-corrected chi connectivity index (χ3v) is 5.42. The molecule has 112 valence electrons. The number of nitrogens with one attached hydrogen (secondary N) is 1. The molecule has 2 aromatic rings. The second-order valence-electron chi connectivity index (χ2n) is 6.27. The van der Waals surface area contributed by atoms with Gasteiger partial charge in [-0.3, -0.25) is 0 Å². The number of benzene rings is 2. The number of aryl methyl sites for hydroxylation is 1. The van der Waals surface area contributed by atoms with Gasteiger partial charge < -0.3 is 5.32 Å². The summed E-state index contributed by atoms with van der Waals surface area (Å²) in [6, 6.07) is 15.4. The van der Waals surface area contributed by atoms with Crippen LogP contribution in [0.2, 0.25) is 5.02 Å². The largest absolute Gasteiger partial charge is 0.378 e. The molecule has 0 amide bonds. The summed E-state index contributed by atoms with van der Waals surface area (Å²) in [7, 11) is 0. The highest BCUT2D eigenvalue weighted by molar-refractivity contribution is 6.31. The summed E-state index contributed by atoms with van der Waals surface area (Å²) in [6.45, 7) is 2.21. The summed E-state index contributed by atoms with van der Waals surface area (Å²) in [4.78, 5) is 0. The normalized spacial score (nSPS) is 25.5. The van der Waals surface area contributed by atoms with E-state index in [-0.39, 0.29) is 6.04 Å². The SMILES string of the molecule is CCc1ccc2c(c1)[C@@H]1C=CC[C@@H]1[C@H](c1ccccc1Cl)N2. The fourth-order valence-corrected chi connectivity index (χ4v) is 4.15. The van der Waals surface area contributed by atoms with Crippen LogP contribution in [-0.4, -0.2) is 0 Å². The predicted octanol–water partition coefficient (Wildman–Crippen LogP) is 5.73. The van der Waals surface area contributed by atoms with Crippen molar-refractivity contribution in [1.82, 2.24) is 0 Å². The summed E-state index contributed by atoms with van der Waals surface area (Å²) in [5, 5.41) is 4.61. The van der Waals surface area contributed by atoms with Crippen LogP contribution < -0.4 is 5.32 Å². The maximum absolute atomic E-state index is 6.46. The van der Waals surface area contributed by atoms with Crippen LogP contribution in [0.4, 0.5) is 5.69 Å². The van der Waals surface area contributed by atoms with Gasteiger partial charge in [-0.2, -0.15) is 0 Å². The predicted molar refractivity (Wildman–Crippen MR) is 93.6 cm³/mol. The first kappa shape index (κ1) is 13.9. The van der Waals surface area contributed by atoms with Gasteiger partial charge in [0.1, 0.15) is 0 Å². The zero-order chi connectivity index (χ0) is 15.1. The van der Waals surface area contributed by atoms with Crippen molar-refractivity contribution in [3.63, 3.8) is 0 Å². The number of anilines is 1. The van der Waals surface area contributed by atoms with Gasteiger partial charge in [-0.25, -0.2) is 0 Å². The zero-order valence-electron chi connectivity index (χ0n) is 12.7. The molecular formula is C20H20ClN. The molecule has 2 aromatic carbocycles. The Morgan fingerprint density at radius 2 is 2.00 bits per heavy atom. The van der Waals surface area contributed by atoms with Gasteiger partial charge in [0.05, 0.1) is 6.04 Å². The molecule has 0 fully saturated rings. The highest BCUT2D eigenvalue weighted by Gasteiger charge is 2.38. The van der Waals surface area contributed by atoms with Gasteiger partial charge in [0.25, 0.3) is 0 Å². The molecule has 1 N–H and O–H groups in total. The summed E-state index contributed by atoms with van der Waals surface area (Å²) in [5.41, 5.74) is 5.33. The molecule has 0 saturated heterocycles. The van der Waals surface area contributed by atoms with Crippen molar-refractivity contribution in [2.24, 2.45) is 5.92 Å². The summed E-state index contributed by atoms with van der Waals surface area (Å²) in [6.07, 6.45) is 6.91. The maximum atomic E-state index is 6.46. The Morgan fingerprint density at radius 3 is 2.82 bits per heavy atom. The molecule has 0 saturated carbocycles. The van der Waals surface area contributed by atoms with Crippen LogP contribution in [0.1, 0.15) is 42.0 Å². The maximum Gasteiger partial charge on any atom is 0.0568 e. The van der Waals surface area contributed by atoms with Gasteiger partial charge in [0, 0.05) is 16.6 Å². The Hall–Kier alpha value is -1.73. The molecule has 0 unspecified atom stereocenters. The fraction of sp³-hybridized carbons (Fsp3) is 0.300. The molecule has 1 nitrogen and oxygen atoms in total. The van der Waals surface area contributed by atoms with Gasteiger partial charge in [-0.05, 0) is 47.6 Å². The Kier molecular flexibility index (Phi) is 3.46. The van der Waals surface area contributed by atoms with Crippen LogP contribution in [0.25, 0.3) is 0 Å². The quantitative estimate of drug-likeness (QED) is 0.699. The van der Waals surface area contributed by atoms with E-state index in [9.17, 15) is 0 Å². The van der Waals surface area contributed by atoms with Crippen LogP contribution in [0.3, 0.4) is 0 Å². The molecule has 2 heteroatoms. The number of hydrogen-bond acceptors (Lipinski definition) is 1. The summed E-state index contributed by atoms with van der Waals surface area (Å²) in [5.74, 6) is 1.06. The minimum absolute atomic E-state index is 0.286. The molecule has 2 aliphatic rings. The van der Waals surface area contributed by atoms with Crippen LogP contribution >= 0.6 is 11.6 Å². The van der Waals surface area contributed by atoms with Crippen molar-refractivity contribution in [3.8, 4) is 0 Å². The number of fused-ring (bicyclic) bond motifs is 3. The lowest BCUT2D eigenvalue weighted by Crippen LogP contribution is -2.29. The minimum Gasteiger partial charge on any atom is -0.378 e. The van der Waals surface area contributed by atoms with Crippen LogP contribution in [0, 0.1) is 5.92 Å². The minimum atomic E-state index is 0.286. The summed E-state index contributed by atoms with van der Waals surface area (Å²) >= 11 is 6.46. The standard InChI is InChI=1S/C20H20ClN/c1-2-13-10-11-19-17(12-13)14-7-5-8-15(14)20(22-19)16-6-3-4-9-18(16)21/h3-7,9-12,14-15,20,22H,2,8H2,1H3/t14-,15+,20-/m1/s1. The van der Waals surface area contributed by atoms with Crippen LogP contribution in [-0.2, 0) is 6.42 Å². The molecule has 0 radical (unpaired) electrons. The van der Waals surface area contributed by atoms with E-state index in [2.05, 4.69) is 54.7 Å². The van der Waals surface area contributed by atoms with Crippen LogP contribution in [0.5, 0.6) is 0 Å². The average Bonchev–Trinajstić information content (AvgIpc) is 3.04. The van der Waals surface area contributed by atoms with Gasteiger partial charge in [-0.15, -0.1) is 0 Å². The van der Waals surface area contributed by atoms with E-state index >= 15 is 0 Å². The van der Waals surface area contributed by atoms with E-state index in [0.717, 1.165) is 17.9 Å². The molecule has 4 rings (SSSR count). The highest BCUT2D eigenvalue weighted by Crippen LogP contribution is 2.50. The van der Waals surface area contributed by atoms with Crippen molar-refractivity contribution >= 4 is 17.3 Å². The molecule has 1 heterocycles. The van der Waals surface area contributed by atoms with Crippen molar-refractivity contribution in [3.05, 3.63) is 76.3 Å². The van der Waals surface area contributed by atoms with E-state index in [0.29, 0.717) is 11.8 Å². The lowest BCUT2D eigenvalue weighted by atomic mass is 9.76. The number of rotatable bonds is 2. The van der Waals surface area contributed by atoms with E-state index in [1.54, 1.807) is 0 Å². The Labute approximate surface area is 137 Å². The molecule has 0 aromatic heterocycles. The van der Waals surface area contributed by atoms with Gasteiger partial charge in [0.2, 0.25) is 0 Å². The van der Waals surface area contributed by atoms with E-state index in [4.69, 9.17) is 11.6 Å². The second kappa shape index (κ2) is 5.48. The number of hydrogen-bond donors (Lipinski definition) is 1. The molecule has 1 aliphatic heterocycles. The van der Waals surface area contributed by atoms with Crippen molar-refractivity contribution in [2.75, 3.05) is 5.32 Å². The summed E-state index contributed by atoms with van der Waals surface area (Å²) < 4.78 is 0. The second-order valence-corrected chi connectivity index (χ2v) is 6.68. The molecule has 0 bridgehead atoms. The average molecular weight is 310 g/mol. The third kappa shape index (κ3) is 2.16. The van der Waals surface area contributed by atoms with Gasteiger partial charge in [0.15, 0.2) is 0 Å². The van der Waals surface area contributed by atoms with E-state index in [1.165, 1.54) is 22.4 Å². The van der Waals surface area contributed by atoms with Gasteiger partial charge in [-0.1, -0.05) is 61.0 Å². The molecule has 1 aliphatic carbocycles. The molecular weight excluding hydrogens is 290 g/mol. The first-order valence-corrected chi connectivity index (χ1v) is 8.46. The molecule has 3 atom stereocenters. The van der Waals surface area contributed by atoms with Crippen molar-refractivity contribution < 1.29 is 0 Å². The van der Waals surface area contributed by atoms with E-state index < -0.39 is 0 Å². The highest BCUT2D eigenvalue weighted by atomic mass is 35.5. The lowest BCUT2D eigenvalue weighted by Gasteiger charge is -2.38. The first-order valence-electron chi connectivity index (χ1n) is 8.08. The van der Waals surface area contributed by atoms with E-state index in [1.807, 2.05) is 12.1 Å². The Morgan fingerprint density at radius 1 is 1.14 bits per heavy atom. The number of halogens is 1. The Balaban J connectivity index is 1.80. The van der Waals surface area contributed by atoms with Crippen molar-refractivity contribution in [2.45, 2.75) is 31.7 Å². The zero-order valence-corrected chi connectivity index (χ0v) is 13.5.